The molecule has 2 unspecified atom stereocenters. The molecular weight excluding hydrogens is 329 g/mol. The number of anilines is 1. The molecule has 4 rings (SSSR count). The Labute approximate surface area is 144 Å². The van der Waals surface area contributed by atoms with Crippen LogP contribution in [0.3, 0.4) is 0 Å². The van der Waals surface area contributed by atoms with Gasteiger partial charge in [-0.25, -0.2) is 0 Å². The van der Waals surface area contributed by atoms with Gasteiger partial charge in [-0.2, -0.15) is 5.10 Å². The van der Waals surface area contributed by atoms with Crippen LogP contribution in [0.2, 0.25) is 10.0 Å². The summed E-state index contributed by atoms with van der Waals surface area (Å²) in [6.07, 6.45) is 2.74. The molecule has 5 heteroatoms. The molecule has 3 nitrogen and oxygen atoms in total. The molecule has 1 aromatic heterocycles. The van der Waals surface area contributed by atoms with Crippen molar-refractivity contribution < 1.29 is 0 Å². The Morgan fingerprint density at radius 2 is 2.00 bits per heavy atom. The number of fused-ring (bicyclic) bond motifs is 1. The van der Waals surface area contributed by atoms with Crippen molar-refractivity contribution in [3.8, 4) is 0 Å². The molecule has 1 fully saturated rings. The van der Waals surface area contributed by atoms with E-state index in [1.807, 2.05) is 36.4 Å². The number of nitrogens with one attached hydrogen (secondary N) is 1. The van der Waals surface area contributed by atoms with Crippen molar-refractivity contribution in [2.75, 3.05) is 5.32 Å². The highest BCUT2D eigenvalue weighted by molar-refractivity contribution is 6.31. The molecule has 0 aliphatic heterocycles. The maximum Gasteiger partial charge on any atom is 0.156 e. The van der Waals surface area contributed by atoms with Crippen LogP contribution in [-0.2, 0) is 5.41 Å². The highest BCUT2D eigenvalue weighted by Gasteiger charge is 2.52. The van der Waals surface area contributed by atoms with E-state index in [-0.39, 0.29) is 11.5 Å². The Morgan fingerprint density at radius 3 is 2.83 bits per heavy atom. The molecule has 1 heterocycles. The second kappa shape index (κ2) is 5.36. The van der Waals surface area contributed by atoms with Crippen LogP contribution in [-0.4, -0.2) is 16.2 Å². The van der Waals surface area contributed by atoms with Gasteiger partial charge in [0.1, 0.15) is 0 Å². The summed E-state index contributed by atoms with van der Waals surface area (Å²) in [5.41, 5.74) is 1.20. The fourth-order valence-corrected chi connectivity index (χ4v) is 3.66. The van der Waals surface area contributed by atoms with Crippen molar-refractivity contribution in [1.82, 2.24) is 10.2 Å². The molecule has 2 atom stereocenters. The van der Waals surface area contributed by atoms with E-state index in [1.165, 1.54) is 5.56 Å². The number of hydrogen-bond donors (Lipinski definition) is 1. The third-order valence-electron chi connectivity index (χ3n) is 4.66. The lowest BCUT2D eigenvalue weighted by atomic mass is 9.97. The largest absolute Gasteiger partial charge is 0.364 e. The quantitative estimate of drug-likeness (QED) is 0.720. The van der Waals surface area contributed by atoms with Gasteiger partial charge in [-0.05, 0) is 36.2 Å². The zero-order chi connectivity index (χ0) is 16.0. The van der Waals surface area contributed by atoms with Gasteiger partial charge in [0.05, 0.1) is 6.20 Å². The van der Waals surface area contributed by atoms with Crippen LogP contribution in [0.1, 0.15) is 18.9 Å². The zero-order valence-electron chi connectivity index (χ0n) is 12.6. The number of halogens is 2. The molecule has 1 aliphatic rings. The molecule has 3 aromatic rings. The smallest absolute Gasteiger partial charge is 0.156 e. The van der Waals surface area contributed by atoms with E-state index < -0.39 is 0 Å². The van der Waals surface area contributed by atoms with Crippen molar-refractivity contribution in [2.24, 2.45) is 0 Å². The summed E-state index contributed by atoms with van der Waals surface area (Å²) in [5, 5.41) is 15.4. The first-order valence-corrected chi connectivity index (χ1v) is 8.26. The maximum atomic E-state index is 6.36. The van der Waals surface area contributed by atoms with Gasteiger partial charge in [0.25, 0.3) is 0 Å². The van der Waals surface area contributed by atoms with E-state index in [9.17, 15) is 0 Å². The van der Waals surface area contributed by atoms with Crippen LogP contribution in [0.4, 0.5) is 5.82 Å². The van der Waals surface area contributed by atoms with Crippen molar-refractivity contribution in [1.29, 1.82) is 0 Å². The lowest BCUT2D eigenvalue weighted by molar-refractivity contribution is 0.757. The predicted molar refractivity (Wildman–Crippen MR) is 95.4 cm³/mol. The Hall–Kier alpha value is -1.84. The van der Waals surface area contributed by atoms with E-state index in [1.54, 1.807) is 6.20 Å². The summed E-state index contributed by atoms with van der Waals surface area (Å²) in [6, 6.07) is 14.1. The van der Waals surface area contributed by atoms with Gasteiger partial charge in [-0.15, -0.1) is 5.10 Å². The van der Waals surface area contributed by atoms with Crippen molar-refractivity contribution in [3.63, 3.8) is 0 Å². The van der Waals surface area contributed by atoms with Crippen molar-refractivity contribution in [3.05, 3.63) is 64.3 Å². The molecule has 0 spiro atoms. The molecule has 2 aromatic carbocycles. The third-order valence-corrected chi connectivity index (χ3v) is 5.23. The summed E-state index contributed by atoms with van der Waals surface area (Å²) < 4.78 is 0. The first kappa shape index (κ1) is 14.7. The van der Waals surface area contributed by atoms with E-state index in [0.29, 0.717) is 5.02 Å². The normalized spacial score (nSPS) is 23.0. The topological polar surface area (TPSA) is 37.8 Å². The molecule has 0 radical (unpaired) electrons. The molecular formula is C18H15Cl2N3. The van der Waals surface area contributed by atoms with Gasteiger partial charge in [-0.3, -0.25) is 0 Å². The fourth-order valence-electron chi connectivity index (χ4n) is 3.13. The van der Waals surface area contributed by atoms with Gasteiger partial charge in [0.15, 0.2) is 5.82 Å². The Morgan fingerprint density at radius 1 is 1.17 bits per heavy atom. The molecule has 1 saturated carbocycles. The molecule has 23 heavy (non-hydrogen) atoms. The highest BCUT2D eigenvalue weighted by Crippen LogP contribution is 2.51. The fraction of sp³-hybridized carbons (Fsp3) is 0.222. The number of hydrogen-bond acceptors (Lipinski definition) is 3. The summed E-state index contributed by atoms with van der Waals surface area (Å²) in [6.45, 7) is 2.22. The molecule has 0 amide bonds. The second-order valence-corrected chi connectivity index (χ2v) is 7.07. The van der Waals surface area contributed by atoms with Gasteiger partial charge in [0.2, 0.25) is 0 Å². The highest BCUT2D eigenvalue weighted by atomic mass is 35.5. The SMILES string of the molecule is CC1(c2ccccc2Cl)CC1Nc1nncc2cc(Cl)ccc12. The van der Waals surface area contributed by atoms with Crippen molar-refractivity contribution in [2.45, 2.75) is 24.8 Å². The second-order valence-electron chi connectivity index (χ2n) is 6.22. The Balaban J connectivity index is 1.65. The number of aromatic nitrogens is 2. The Bertz CT molecular complexity index is 896. The lowest BCUT2D eigenvalue weighted by Crippen LogP contribution is -2.16. The van der Waals surface area contributed by atoms with Crippen LogP contribution in [0, 0.1) is 0 Å². The van der Waals surface area contributed by atoms with Gasteiger partial charge < -0.3 is 5.32 Å². The minimum atomic E-state index is 0.0224. The average molecular weight is 344 g/mol. The van der Waals surface area contributed by atoms with Crippen molar-refractivity contribution >= 4 is 39.8 Å². The molecule has 1 aliphatic carbocycles. The van der Waals surface area contributed by atoms with Gasteiger partial charge >= 0.3 is 0 Å². The summed E-state index contributed by atoms with van der Waals surface area (Å²) in [5.74, 6) is 0.792. The molecule has 0 saturated heterocycles. The van der Waals surface area contributed by atoms with Gasteiger partial charge in [0, 0.05) is 32.3 Å². The van der Waals surface area contributed by atoms with Crippen LogP contribution < -0.4 is 5.32 Å². The van der Waals surface area contributed by atoms with Crippen LogP contribution in [0.15, 0.2) is 48.7 Å². The minimum Gasteiger partial charge on any atom is -0.364 e. The molecule has 0 bridgehead atoms. The summed E-state index contributed by atoms with van der Waals surface area (Å²) >= 11 is 12.4. The number of benzene rings is 2. The average Bonchev–Trinajstić information content (AvgIpc) is 3.18. The minimum absolute atomic E-state index is 0.0224. The van der Waals surface area contributed by atoms with Gasteiger partial charge in [-0.1, -0.05) is 48.3 Å². The van der Waals surface area contributed by atoms with Crippen LogP contribution >= 0.6 is 23.2 Å². The zero-order valence-corrected chi connectivity index (χ0v) is 14.1. The first-order valence-electron chi connectivity index (χ1n) is 7.50. The van der Waals surface area contributed by atoms with E-state index >= 15 is 0 Å². The summed E-state index contributed by atoms with van der Waals surface area (Å²) in [7, 11) is 0. The predicted octanol–water partition coefficient (Wildman–Crippen LogP) is 5.08. The van der Waals surface area contributed by atoms with Crippen LogP contribution in [0.25, 0.3) is 10.8 Å². The molecule has 116 valence electrons. The third kappa shape index (κ3) is 2.54. The molecule has 1 N–H and O–H groups in total. The standard InChI is InChI=1S/C18H15Cl2N3/c1-18(14-4-2-3-5-15(14)20)9-16(18)22-17-13-7-6-12(19)8-11(13)10-21-23-17/h2-8,10,16H,9H2,1H3,(H,22,23). The number of rotatable bonds is 3. The Kier molecular flexibility index (Phi) is 3.43. The van der Waals surface area contributed by atoms with E-state index in [0.717, 1.165) is 28.0 Å². The monoisotopic (exact) mass is 343 g/mol. The van der Waals surface area contributed by atoms with E-state index in [2.05, 4.69) is 28.5 Å². The van der Waals surface area contributed by atoms with Crippen LogP contribution in [0.5, 0.6) is 0 Å². The van der Waals surface area contributed by atoms with E-state index in [4.69, 9.17) is 23.2 Å². The lowest BCUT2D eigenvalue weighted by Gasteiger charge is -2.15. The maximum absolute atomic E-state index is 6.36. The number of nitrogens with zero attached hydrogens (tertiary/aromatic N) is 2. The first-order chi connectivity index (χ1) is 11.1. The summed E-state index contributed by atoms with van der Waals surface area (Å²) in [4.78, 5) is 0.